The average molecular weight is 449 g/mol. The number of carbonyl (C=O) groups excluding carboxylic acids is 2. The van der Waals surface area contributed by atoms with Crippen LogP contribution in [-0.4, -0.2) is 33.7 Å². The minimum Gasteiger partial charge on any atom is -0.481 e. The summed E-state index contributed by atoms with van der Waals surface area (Å²) in [6, 6.07) is 16.7. The number of hydrogen-bond donors (Lipinski definition) is 2. The van der Waals surface area contributed by atoms with Gasteiger partial charge >= 0.3 is 0 Å². The molecule has 0 amide bonds. The number of fused-ring (bicyclic) bond motifs is 1. The van der Waals surface area contributed by atoms with Gasteiger partial charge in [-0.15, -0.1) is 0 Å². The molecule has 0 aromatic heterocycles. The van der Waals surface area contributed by atoms with Crippen LogP contribution >= 0.6 is 0 Å². The molecule has 0 aliphatic rings. The molecule has 180 valence electrons. The van der Waals surface area contributed by atoms with Crippen LogP contribution in [0.15, 0.2) is 48.5 Å². The molecule has 0 fully saturated rings. The van der Waals surface area contributed by atoms with Crippen LogP contribution in [0.25, 0.3) is 10.8 Å². The zero-order valence-electron chi connectivity index (χ0n) is 21.1. The van der Waals surface area contributed by atoms with Crippen molar-refractivity contribution >= 4 is 34.3 Å². The van der Waals surface area contributed by atoms with E-state index >= 15 is 0 Å². The van der Waals surface area contributed by atoms with Crippen molar-refractivity contribution in [3.8, 4) is 0 Å². The highest BCUT2D eigenvalue weighted by Gasteiger charge is 2.15. The van der Waals surface area contributed by atoms with Crippen molar-refractivity contribution in [1.82, 2.24) is 0 Å². The number of carboxylic acids is 2. The average Bonchev–Trinajstić information content (AvgIpc) is 2.60. The maximum Gasteiger partial charge on any atom is 0.300 e. The fourth-order valence-electron chi connectivity index (χ4n) is 1.13. The van der Waals surface area contributed by atoms with Crippen molar-refractivity contribution in [3.05, 3.63) is 48.5 Å². The fraction of sp³-hybridized carbons (Fsp3) is 0.462. The number of aliphatic carboxylic acids is 2. The first-order valence-electron chi connectivity index (χ1n) is 10.2. The van der Waals surface area contributed by atoms with Crippen molar-refractivity contribution in [3.63, 3.8) is 0 Å². The molecule has 0 radical (unpaired) electrons. The Morgan fingerprint density at radius 1 is 0.531 bits per heavy atom. The molecule has 0 atom stereocenters. The molecule has 6 heteroatoms. The monoisotopic (exact) mass is 448 g/mol. The van der Waals surface area contributed by atoms with Gasteiger partial charge in [0.05, 0.1) is 0 Å². The number of benzene rings is 2. The summed E-state index contributed by atoms with van der Waals surface area (Å²) in [5, 5.41) is 17.5. The lowest BCUT2D eigenvalue weighted by molar-refractivity contribution is -0.135. The van der Waals surface area contributed by atoms with E-state index in [1.165, 1.54) is 10.8 Å². The van der Waals surface area contributed by atoms with Crippen LogP contribution in [0.4, 0.5) is 0 Å². The van der Waals surface area contributed by atoms with Gasteiger partial charge in [-0.2, -0.15) is 0 Å². The summed E-state index contributed by atoms with van der Waals surface area (Å²) in [4.78, 5) is 38.9. The number of carboxylic acid groups (broad SMARTS) is 2. The van der Waals surface area contributed by atoms with E-state index in [0.717, 1.165) is 13.8 Å². The summed E-state index contributed by atoms with van der Waals surface area (Å²) in [5.41, 5.74) is -0.278. The Balaban J connectivity index is -0.000000346. The van der Waals surface area contributed by atoms with Gasteiger partial charge in [0.1, 0.15) is 11.6 Å². The number of Topliss-reactive ketones (excluding diaryl/α,β-unsaturated/α-hetero) is 2. The molecule has 6 nitrogen and oxygen atoms in total. The van der Waals surface area contributed by atoms with Gasteiger partial charge in [-0.25, -0.2) is 0 Å². The number of hydrogen-bond acceptors (Lipinski definition) is 4. The predicted octanol–water partition coefficient (Wildman–Crippen LogP) is 6.26. The standard InChI is InChI=1S/C10H8.2C6H12O.2C2H4O2/c1-2-6-10-8-4-3-7-9(10)5-1;2*1-5(7)6(2,3)4;2*1-2(3)4/h1-8H;2*1-4H3;2*1H3,(H,3,4). The van der Waals surface area contributed by atoms with E-state index in [9.17, 15) is 9.59 Å². The second-order valence-electron chi connectivity index (χ2n) is 9.00. The second-order valence-corrected chi connectivity index (χ2v) is 9.00. The van der Waals surface area contributed by atoms with Gasteiger partial charge in [-0.05, 0) is 24.6 Å². The molecular formula is C26H40O6. The molecule has 2 N–H and O–H groups in total. The summed E-state index contributed by atoms with van der Waals surface area (Å²) in [6.45, 7) is 16.9. The molecule has 0 aliphatic heterocycles. The van der Waals surface area contributed by atoms with Gasteiger partial charge in [0, 0.05) is 24.7 Å². The third kappa shape index (κ3) is 25.0. The van der Waals surface area contributed by atoms with Gasteiger partial charge in [0.25, 0.3) is 11.9 Å². The zero-order valence-corrected chi connectivity index (χ0v) is 21.1. The van der Waals surface area contributed by atoms with Crippen LogP contribution in [0, 0.1) is 10.8 Å². The Morgan fingerprint density at radius 3 is 0.750 bits per heavy atom. The third-order valence-electron chi connectivity index (χ3n) is 3.77. The van der Waals surface area contributed by atoms with Crippen molar-refractivity contribution in [2.45, 2.75) is 69.2 Å². The molecule has 2 aromatic carbocycles. The molecule has 0 bridgehead atoms. The molecule has 0 unspecified atom stereocenters. The van der Waals surface area contributed by atoms with Gasteiger partial charge in [0.2, 0.25) is 0 Å². The van der Waals surface area contributed by atoms with E-state index < -0.39 is 11.9 Å². The quantitative estimate of drug-likeness (QED) is 0.492. The van der Waals surface area contributed by atoms with Crippen molar-refractivity contribution < 1.29 is 29.4 Å². The summed E-state index contributed by atoms with van der Waals surface area (Å²) >= 11 is 0. The maximum atomic E-state index is 10.5. The van der Waals surface area contributed by atoms with Gasteiger partial charge in [0.15, 0.2) is 0 Å². The van der Waals surface area contributed by atoms with E-state index in [4.69, 9.17) is 19.8 Å². The van der Waals surface area contributed by atoms with Crippen molar-refractivity contribution in [2.75, 3.05) is 0 Å². The van der Waals surface area contributed by atoms with Crippen LogP contribution in [0.1, 0.15) is 69.2 Å². The second kappa shape index (κ2) is 16.6. The van der Waals surface area contributed by atoms with E-state index in [2.05, 4.69) is 48.5 Å². The highest BCUT2D eigenvalue weighted by Crippen LogP contribution is 2.13. The normalized spacial score (nSPS) is 9.69. The van der Waals surface area contributed by atoms with Crippen LogP contribution in [0.3, 0.4) is 0 Å². The first kappa shape index (κ1) is 33.6. The lowest BCUT2D eigenvalue weighted by Crippen LogP contribution is -2.15. The number of carbonyl (C=O) groups is 4. The summed E-state index contributed by atoms with van der Waals surface area (Å²) in [6.07, 6.45) is 0. The fourth-order valence-corrected chi connectivity index (χ4v) is 1.13. The molecule has 0 aliphatic carbocycles. The van der Waals surface area contributed by atoms with Gasteiger partial charge in [-0.1, -0.05) is 90.1 Å². The highest BCUT2D eigenvalue weighted by molar-refractivity contribution is 5.82. The lowest BCUT2D eigenvalue weighted by Gasteiger charge is -2.11. The van der Waals surface area contributed by atoms with Gasteiger partial charge < -0.3 is 10.2 Å². The molecule has 0 spiro atoms. The topological polar surface area (TPSA) is 109 Å². The van der Waals surface area contributed by atoms with E-state index in [-0.39, 0.29) is 22.4 Å². The van der Waals surface area contributed by atoms with E-state index in [0.29, 0.717) is 0 Å². The van der Waals surface area contributed by atoms with Crippen LogP contribution < -0.4 is 0 Å². The van der Waals surface area contributed by atoms with Crippen LogP contribution in [0.5, 0.6) is 0 Å². The lowest BCUT2D eigenvalue weighted by atomic mass is 9.92. The number of ketones is 2. The van der Waals surface area contributed by atoms with Crippen LogP contribution in [-0.2, 0) is 19.2 Å². The highest BCUT2D eigenvalue weighted by atomic mass is 16.4. The van der Waals surface area contributed by atoms with E-state index in [1.807, 2.05) is 41.5 Å². The number of rotatable bonds is 0. The largest absolute Gasteiger partial charge is 0.481 e. The van der Waals surface area contributed by atoms with Crippen molar-refractivity contribution in [2.24, 2.45) is 10.8 Å². The summed E-state index contributed by atoms with van der Waals surface area (Å²) in [7, 11) is 0. The van der Waals surface area contributed by atoms with Gasteiger partial charge in [-0.3, -0.25) is 19.2 Å². The molecule has 0 saturated heterocycles. The Hall–Kier alpha value is -3.02. The molecule has 2 aromatic rings. The smallest absolute Gasteiger partial charge is 0.300 e. The predicted molar refractivity (Wildman–Crippen MR) is 131 cm³/mol. The Morgan fingerprint density at radius 2 is 0.656 bits per heavy atom. The SMILES string of the molecule is CC(=O)C(C)(C)C.CC(=O)C(C)(C)C.CC(=O)O.CC(=O)O.c1ccc2ccccc2c1. The third-order valence-corrected chi connectivity index (χ3v) is 3.77. The first-order chi connectivity index (χ1) is 14.3. The minimum absolute atomic E-state index is 0.139. The molecule has 0 saturated carbocycles. The molecule has 32 heavy (non-hydrogen) atoms. The summed E-state index contributed by atoms with van der Waals surface area (Å²) in [5.74, 6) is -1.18. The Kier molecular flexibility index (Phi) is 17.5. The molecule has 2 rings (SSSR count). The molecule has 0 heterocycles. The van der Waals surface area contributed by atoms with Crippen molar-refractivity contribution in [1.29, 1.82) is 0 Å². The Labute approximate surface area is 192 Å². The molecular weight excluding hydrogens is 408 g/mol. The zero-order chi connectivity index (χ0) is 26.1. The Bertz CT molecular complexity index is 730. The minimum atomic E-state index is -0.833. The van der Waals surface area contributed by atoms with Crippen LogP contribution in [0.2, 0.25) is 0 Å². The van der Waals surface area contributed by atoms with E-state index in [1.54, 1.807) is 13.8 Å². The first-order valence-corrected chi connectivity index (χ1v) is 10.2. The maximum absolute atomic E-state index is 10.5. The summed E-state index contributed by atoms with van der Waals surface area (Å²) < 4.78 is 0.